The van der Waals surface area contributed by atoms with E-state index >= 15 is 0 Å². The van der Waals surface area contributed by atoms with Crippen LogP contribution in [0.15, 0.2) is 4.99 Å². The van der Waals surface area contributed by atoms with Crippen LogP contribution < -0.4 is 5.32 Å². The first-order valence-corrected chi connectivity index (χ1v) is 7.74. The van der Waals surface area contributed by atoms with Crippen molar-refractivity contribution >= 4 is 16.9 Å². The summed E-state index contributed by atoms with van der Waals surface area (Å²) in [7, 11) is 0. The summed E-state index contributed by atoms with van der Waals surface area (Å²) in [5.74, 6) is 2.58. The van der Waals surface area contributed by atoms with Crippen molar-refractivity contribution in [2.24, 2.45) is 16.8 Å². The van der Waals surface area contributed by atoms with E-state index in [0.717, 1.165) is 30.8 Å². The highest BCUT2D eigenvalue weighted by atomic mass is 32.2. The van der Waals surface area contributed by atoms with Crippen LogP contribution in [0, 0.1) is 11.8 Å². The number of rotatable bonds is 4. The Morgan fingerprint density at radius 2 is 2.41 bits per heavy atom. The molecular formula is C13H24N2OS. The Balaban J connectivity index is 1.71. The van der Waals surface area contributed by atoms with Crippen LogP contribution in [0.1, 0.15) is 33.1 Å². The molecule has 2 unspecified atom stereocenters. The van der Waals surface area contributed by atoms with E-state index in [2.05, 4.69) is 19.2 Å². The third kappa shape index (κ3) is 4.51. The third-order valence-electron chi connectivity index (χ3n) is 3.25. The normalized spacial score (nSPS) is 32.1. The molecular weight excluding hydrogens is 232 g/mol. The lowest BCUT2D eigenvalue weighted by Crippen LogP contribution is -2.29. The largest absolute Gasteiger partial charge is 0.381 e. The fourth-order valence-corrected chi connectivity index (χ4v) is 3.38. The molecule has 0 bridgehead atoms. The zero-order chi connectivity index (χ0) is 12.1. The molecule has 0 aromatic carbocycles. The fourth-order valence-electron chi connectivity index (χ4n) is 2.39. The van der Waals surface area contributed by atoms with Crippen molar-refractivity contribution < 1.29 is 4.74 Å². The number of nitrogens with zero attached hydrogens (tertiary/aromatic N) is 1. The molecule has 2 heterocycles. The van der Waals surface area contributed by atoms with Crippen LogP contribution >= 0.6 is 11.8 Å². The molecule has 0 aromatic rings. The summed E-state index contributed by atoms with van der Waals surface area (Å²) in [4.78, 5) is 4.69. The molecule has 17 heavy (non-hydrogen) atoms. The van der Waals surface area contributed by atoms with Gasteiger partial charge in [0.15, 0.2) is 5.17 Å². The predicted octanol–water partition coefficient (Wildman–Crippen LogP) is 2.52. The van der Waals surface area contributed by atoms with E-state index in [1.807, 2.05) is 11.8 Å². The van der Waals surface area contributed by atoms with Crippen molar-refractivity contribution in [1.29, 1.82) is 0 Å². The number of thioether (sulfide) groups is 1. The Hall–Kier alpha value is -0.220. The van der Waals surface area contributed by atoms with Crippen LogP contribution in [-0.2, 0) is 4.74 Å². The quantitative estimate of drug-likeness (QED) is 0.839. The molecule has 2 fully saturated rings. The van der Waals surface area contributed by atoms with Crippen molar-refractivity contribution in [1.82, 2.24) is 5.32 Å². The maximum absolute atomic E-state index is 5.47. The zero-order valence-corrected chi connectivity index (χ0v) is 11.8. The van der Waals surface area contributed by atoms with Crippen molar-refractivity contribution in [3.63, 3.8) is 0 Å². The standard InChI is InChI=1S/C13H24N2OS/c1-10(2)6-12-9-17-13(15-12)14-7-11-4-3-5-16-8-11/h10-12H,3-9H2,1-2H3,(H,14,15). The highest BCUT2D eigenvalue weighted by Crippen LogP contribution is 2.20. The highest BCUT2D eigenvalue weighted by Gasteiger charge is 2.21. The van der Waals surface area contributed by atoms with Gasteiger partial charge in [0.1, 0.15) is 0 Å². The van der Waals surface area contributed by atoms with Gasteiger partial charge >= 0.3 is 0 Å². The van der Waals surface area contributed by atoms with Gasteiger partial charge in [-0.25, -0.2) is 0 Å². The van der Waals surface area contributed by atoms with E-state index < -0.39 is 0 Å². The smallest absolute Gasteiger partial charge is 0.156 e. The Morgan fingerprint density at radius 1 is 1.53 bits per heavy atom. The molecule has 0 aromatic heterocycles. The number of ether oxygens (including phenoxy) is 1. The molecule has 2 atom stereocenters. The number of hydrogen-bond donors (Lipinski definition) is 1. The van der Waals surface area contributed by atoms with Crippen LogP contribution in [0.2, 0.25) is 0 Å². The average Bonchev–Trinajstić information content (AvgIpc) is 2.75. The molecule has 0 amide bonds. The average molecular weight is 256 g/mol. The highest BCUT2D eigenvalue weighted by molar-refractivity contribution is 8.14. The van der Waals surface area contributed by atoms with Crippen molar-refractivity contribution in [2.75, 3.05) is 25.5 Å². The van der Waals surface area contributed by atoms with E-state index in [-0.39, 0.29) is 0 Å². The zero-order valence-electron chi connectivity index (χ0n) is 10.9. The number of nitrogens with one attached hydrogen (secondary N) is 1. The molecule has 0 saturated carbocycles. The maximum atomic E-state index is 5.47. The number of amidine groups is 1. The van der Waals surface area contributed by atoms with Crippen molar-refractivity contribution in [2.45, 2.75) is 39.2 Å². The maximum Gasteiger partial charge on any atom is 0.156 e. The first-order chi connectivity index (χ1) is 8.24. The summed E-state index contributed by atoms with van der Waals surface area (Å²) in [6, 6.07) is 0.626. The van der Waals surface area contributed by atoms with Crippen molar-refractivity contribution in [3.05, 3.63) is 0 Å². The van der Waals surface area contributed by atoms with Gasteiger partial charge in [-0.3, -0.25) is 4.99 Å². The van der Waals surface area contributed by atoms with E-state index in [4.69, 9.17) is 9.73 Å². The van der Waals surface area contributed by atoms with Gasteiger partial charge in [-0.1, -0.05) is 25.6 Å². The SMILES string of the molecule is CC(C)CC1CSC(=NCC2CCCOC2)N1. The molecule has 2 aliphatic rings. The van der Waals surface area contributed by atoms with Gasteiger partial charge in [0.2, 0.25) is 0 Å². The number of hydrogen-bond acceptors (Lipinski definition) is 3. The van der Waals surface area contributed by atoms with Crippen molar-refractivity contribution in [3.8, 4) is 0 Å². The summed E-state index contributed by atoms with van der Waals surface area (Å²) >= 11 is 1.88. The molecule has 98 valence electrons. The second-order valence-corrected chi connectivity index (χ2v) is 6.52. The van der Waals surface area contributed by atoms with Gasteiger partial charge < -0.3 is 10.1 Å². The van der Waals surface area contributed by atoms with Gasteiger partial charge in [-0.2, -0.15) is 0 Å². The van der Waals surface area contributed by atoms with Gasteiger partial charge in [-0.15, -0.1) is 0 Å². The van der Waals surface area contributed by atoms with Gasteiger partial charge in [0, 0.05) is 30.9 Å². The second-order valence-electron chi connectivity index (χ2n) is 5.51. The van der Waals surface area contributed by atoms with Gasteiger partial charge in [0.25, 0.3) is 0 Å². The number of aliphatic imine (C=N–C) groups is 1. The van der Waals surface area contributed by atoms with Crippen LogP contribution in [0.3, 0.4) is 0 Å². The predicted molar refractivity (Wildman–Crippen MR) is 74.7 cm³/mol. The Bertz CT molecular complexity index is 262. The molecule has 3 nitrogen and oxygen atoms in total. The van der Waals surface area contributed by atoms with Crippen LogP contribution in [-0.4, -0.2) is 36.7 Å². The Labute approximate surface area is 109 Å². The lowest BCUT2D eigenvalue weighted by atomic mass is 10.0. The Kier molecular flexibility index (Phi) is 5.16. The summed E-state index contributed by atoms with van der Waals surface area (Å²) in [5.41, 5.74) is 0. The van der Waals surface area contributed by atoms with Crippen LogP contribution in [0.5, 0.6) is 0 Å². The minimum atomic E-state index is 0.626. The summed E-state index contributed by atoms with van der Waals surface area (Å²) in [5, 5.41) is 4.69. The van der Waals surface area contributed by atoms with Crippen LogP contribution in [0.25, 0.3) is 0 Å². The molecule has 2 rings (SSSR count). The fraction of sp³-hybridized carbons (Fsp3) is 0.923. The Morgan fingerprint density at radius 3 is 3.12 bits per heavy atom. The van der Waals surface area contributed by atoms with E-state index in [0.29, 0.717) is 12.0 Å². The molecule has 0 aliphatic carbocycles. The molecule has 4 heteroatoms. The summed E-state index contributed by atoms with van der Waals surface area (Å²) in [6.07, 6.45) is 3.72. The lowest BCUT2D eigenvalue weighted by Gasteiger charge is -2.20. The molecule has 0 radical (unpaired) electrons. The van der Waals surface area contributed by atoms with E-state index in [1.54, 1.807) is 0 Å². The topological polar surface area (TPSA) is 33.6 Å². The van der Waals surface area contributed by atoms with Gasteiger partial charge in [0.05, 0.1) is 6.61 Å². The lowest BCUT2D eigenvalue weighted by molar-refractivity contribution is 0.0582. The van der Waals surface area contributed by atoms with Gasteiger partial charge in [-0.05, 0) is 25.2 Å². The molecule has 0 spiro atoms. The third-order valence-corrected chi connectivity index (χ3v) is 4.34. The second kappa shape index (κ2) is 6.64. The monoisotopic (exact) mass is 256 g/mol. The molecule has 2 saturated heterocycles. The minimum Gasteiger partial charge on any atom is -0.381 e. The van der Waals surface area contributed by atoms with E-state index in [1.165, 1.54) is 25.0 Å². The first-order valence-electron chi connectivity index (χ1n) is 6.75. The molecule has 1 N–H and O–H groups in total. The van der Waals surface area contributed by atoms with E-state index in [9.17, 15) is 0 Å². The summed E-state index contributed by atoms with van der Waals surface area (Å²) in [6.45, 7) is 7.33. The molecule has 2 aliphatic heterocycles. The first kappa shape index (κ1) is 13.2. The summed E-state index contributed by atoms with van der Waals surface area (Å²) < 4.78 is 5.47. The van der Waals surface area contributed by atoms with Crippen LogP contribution in [0.4, 0.5) is 0 Å². The minimum absolute atomic E-state index is 0.626.